The highest BCUT2D eigenvalue weighted by molar-refractivity contribution is 6.10. The van der Waals surface area contributed by atoms with Gasteiger partial charge in [0, 0.05) is 23.4 Å². The van der Waals surface area contributed by atoms with E-state index >= 15 is 0 Å². The first-order chi connectivity index (χ1) is 15.0. The molecule has 0 atom stereocenters. The molecule has 2 heterocycles. The van der Waals surface area contributed by atoms with Gasteiger partial charge >= 0.3 is 0 Å². The molecule has 1 aliphatic heterocycles. The average Bonchev–Trinajstić information content (AvgIpc) is 3.24. The summed E-state index contributed by atoms with van der Waals surface area (Å²) in [5.74, 6) is -0.576. The van der Waals surface area contributed by atoms with Gasteiger partial charge in [-0.3, -0.25) is 9.59 Å². The zero-order chi connectivity index (χ0) is 21.5. The summed E-state index contributed by atoms with van der Waals surface area (Å²) in [5, 5.41) is 0.244. The van der Waals surface area contributed by atoms with Crippen LogP contribution in [0.4, 0.5) is 8.78 Å². The highest BCUT2D eigenvalue weighted by atomic mass is 19.1. The van der Waals surface area contributed by atoms with Gasteiger partial charge in [0.2, 0.25) is 12.2 Å². The normalized spacial score (nSPS) is 12.3. The number of pyridine rings is 1. The van der Waals surface area contributed by atoms with Gasteiger partial charge in [0.1, 0.15) is 11.6 Å². The SMILES string of the molecule is O=C(c1ccc(F)cc1)c1cn(Cc2ccccc2F)c2cc3c(cc2c1=O)OCO3. The van der Waals surface area contributed by atoms with Crippen molar-refractivity contribution in [2.24, 2.45) is 0 Å². The van der Waals surface area contributed by atoms with E-state index in [9.17, 15) is 18.4 Å². The number of rotatable bonds is 4. The summed E-state index contributed by atoms with van der Waals surface area (Å²) in [6.45, 7) is 0.112. The molecule has 31 heavy (non-hydrogen) atoms. The van der Waals surface area contributed by atoms with Gasteiger partial charge in [0.25, 0.3) is 0 Å². The van der Waals surface area contributed by atoms with Crippen LogP contribution in [0.1, 0.15) is 21.5 Å². The first kappa shape index (κ1) is 19.0. The van der Waals surface area contributed by atoms with Crippen molar-refractivity contribution in [3.05, 3.63) is 105 Å². The number of carbonyl (C=O) groups is 1. The molecule has 1 aromatic heterocycles. The molecule has 4 aromatic rings. The molecule has 0 saturated carbocycles. The van der Waals surface area contributed by atoms with E-state index in [-0.39, 0.29) is 29.9 Å². The Balaban J connectivity index is 1.73. The van der Waals surface area contributed by atoms with Crippen molar-refractivity contribution in [3.8, 4) is 11.5 Å². The van der Waals surface area contributed by atoms with Crippen molar-refractivity contribution in [1.29, 1.82) is 0 Å². The predicted octanol–water partition coefficient (Wildman–Crippen LogP) is 4.29. The second kappa shape index (κ2) is 7.36. The third kappa shape index (κ3) is 3.34. The van der Waals surface area contributed by atoms with Crippen LogP contribution in [0.15, 0.2) is 71.7 Å². The molecule has 154 valence electrons. The van der Waals surface area contributed by atoms with Crippen molar-refractivity contribution < 1.29 is 23.0 Å². The van der Waals surface area contributed by atoms with Crippen molar-refractivity contribution in [1.82, 2.24) is 4.57 Å². The number of fused-ring (bicyclic) bond motifs is 2. The molecule has 0 fully saturated rings. The number of ketones is 1. The van der Waals surface area contributed by atoms with E-state index in [2.05, 4.69) is 0 Å². The van der Waals surface area contributed by atoms with E-state index in [1.807, 2.05) is 0 Å². The summed E-state index contributed by atoms with van der Waals surface area (Å²) in [4.78, 5) is 26.3. The molecule has 5 nitrogen and oxygen atoms in total. The standard InChI is InChI=1S/C24H15F2NO4/c25-16-7-5-14(6-8-16)23(28)18-12-27(11-15-3-1-2-4-19(15)26)20-10-22-21(30-13-31-22)9-17(20)24(18)29/h1-10,12H,11,13H2. The van der Waals surface area contributed by atoms with Gasteiger partial charge in [-0.25, -0.2) is 8.78 Å². The summed E-state index contributed by atoms with van der Waals surface area (Å²) in [5.41, 5.74) is 0.455. The fourth-order valence-corrected chi connectivity index (χ4v) is 3.64. The number of ether oxygens (including phenoxy) is 2. The van der Waals surface area contributed by atoms with Crippen molar-refractivity contribution >= 4 is 16.7 Å². The maximum absolute atomic E-state index is 14.3. The van der Waals surface area contributed by atoms with E-state index in [4.69, 9.17) is 9.47 Å². The largest absolute Gasteiger partial charge is 0.454 e. The minimum absolute atomic E-state index is 0.0223. The Kier molecular flexibility index (Phi) is 4.51. The number of benzene rings is 3. The monoisotopic (exact) mass is 419 g/mol. The number of carbonyl (C=O) groups excluding carboxylic acids is 1. The van der Waals surface area contributed by atoms with Gasteiger partial charge in [0.15, 0.2) is 17.3 Å². The second-order valence-corrected chi connectivity index (χ2v) is 7.15. The van der Waals surface area contributed by atoms with E-state index < -0.39 is 22.8 Å². The molecule has 0 saturated heterocycles. The van der Waals surface area contributed by atoms with E-state index in [1.165, 1.54) is 30.5 Å². The van der Waals surface area contributed by atoms with Crippen LogP contribution < -0.4 is 14.9 Å². The fourth-order valence-electron chi connectivity index (χ4n) is 3.64. The quantitative estimate of drug-likeness (QED) is 0.463. The molecule has 1 aliphatic rings. The van der Waals surface area contributed by atoms with E-state index in [0.29, 0.717) is 22.6 Å². The summed E-state index contributed by atoms with van der Waals surface area (Å²) in [7, 11) is 0. The van der Waals surface area contributed by atoms with Crippen molar-refractivity contribution in [3.63, 3.8) is 0 Å². The minimum atomic E-state index is -0.549. The van der Waals surface area contributed by atoms with Gasteiger partial charge in [-0.15, -0.1) is 0 Å². The smallest absolute Gasteiger partial charge is 0.231 e. The Morgan fingerprint density at radius 3 is 2.42 bits per heavy atom. The highest BCUT2D eigenvalue weighted by Crippen LogP contribution is 2.35. The summed E-state index contributed by atoms with van der Waals surface area (Å²) in [6, 6.07) is 14.4. The molecule has 0 bridgehead atoms. The number of hydrogen-bond donors (Lipinski definition) is 0. The maximum Gasteiger partial charge on any atom is 0.231 e. The third-order valence-electron chi connectivity index (χ3n) is 5.22. The van der Waals surface area contributed by atoms with Crippen LogP contribution in [0.25, 0.3) is 10.9 Å². The maximum atomic E-state index is 14.3. The second-order valence-electron chi connectivity index (χ2n) is 7.15. The third-order valence-corrected chi connectivity index (χ3v) is 5.22. The molecule has 5 rings (SSSR count). The van der Waals surface area contributed by atoms with Crippen molar-refractivity contribution in [2.45, 2.75) is 6.54 Å². The Labute approximate surface area is 175 Å². The molecule has 0 N–H and O–H groups in total. The van der Waals surface area contributed by atoms with Crippen LogP contribution in [0, 0.1) is 11.6 Å². The molecule has 0 unspecified atom stereocenters. The summed E-state index contributed by atoms with van der Waals surface area (Å²) in [6.07, 6.45) is 1.41. The topological polar surface area (TPSA) is 57.5 Å². The highest BCUT2D eigenvalue weighted by Gasteiger charge is 2.22. The fraction of sp³-hybridized carbons (Fsp3) is 0.0833. The molecule has 0 radical (unpaired) electrons. The van der Waals surface area contributed by atoms with Crippen LogP contribution in [0.5, 0.6) is 11.5 Å². The molecule has 0 spiro atoms. The summed E-state index contributed by atoms with van der Waals surface area (Å²) < 4.78 is 40.0. The van der Waals surface area contributed by atoms with Crippen LogP contribution in [0.2, 0.25) is 0 Å². The number of nitrogens with zero attached hydrogens (tertiary/aromatic N) is 1. The van der Waals surface area contributed by atoms with E-state index in [0.717, 1.165) is 12.1 Å². The lowest BCUT2D eigenvalue weighted by Gasteiger charge is -2.14. The summed E-state index contributed by atoms with van der Waals surface area (Å²) >= 11 is 0. The lowest BCUT2D eigenvalue weighted by Crippen LogP contribution is -2.20. The van der Waals surface area contributed by atoms with Crippen LogP contribution in [-0.2, 0) is 6.54 Å². The Morgan fingerprint density at radius 1 is 0.968 bits per heavy atom. The zero-order valence-corrected chi connectivity index (χ0v) is 16.1. The molecule has 0 amide bonds. The Morgan fingerprint density at radius 2 is 1.68 bits per heavy atom. The zero-order valence-electron chi connectivity index (χ0n) is 16.1. The molecular weight excluding hydrogens is 404 g/mol. The first-order valence-corrected chi connectivity index (χ1v) is 9.52. The molecule has 0 aliphatic carbocycles. The number of aromatic nitrogens is 1. The van der Waals surface area contributed by atoms with Crippen LogP contribution in [-0.4, -0.2) is 17.1 Å². The lowest BCUT2D eigenvalue weighted by atomic mass is 10.0. The van der Waals surface area contributed by atoms with Gasteiger partial charge in [-0.1, -0.05) is 18.2 Å². The van der Waals surface area contributed by atoms with E-state index in [1.54, 1.807) is 28.8 Å². The first-order valence-electron chi connectivity index (χ1n) is 9.52. The average molecular weight is 419 g/mol. The molecule has 3 aromatic carbocycles. The van der Waals surface area contributed by atoms with Crippen LogP contribution in [0.3, 0.4) is 0 Å². The van der Waals surface area contributed by atoms with Gasteiger partial charge in [0.05, 0.1) is 23.0 Å². The van der Waals surface area contributed by atoms with Gasteiger partial charge in [-0.05, 0) is 36.4 Å². The van der Waals surface area contributed by atoms with Gasteiger partial charge < -0.3 is 14.0 Å². The predicted molar refractivity (Wildman–Crippen MR) is 110 cm³/mol. The van der Waals surface area contributed by atoms with Gasteiger partial charge in [-0.2, -0.15) is 0 Å². The lowest BCUT2D eigenvalue weighted by molar-refractivity contribution is 0.103. The van der Waals surface area contributed by atoms with Crippen LogP contribution >= 0.6 is 0 Å². The number of hydrogen-bond acceptors (Lipinski definition) is 4. The Bertz CT molecular complexity index is 1390. The minimum Gasteiger partial charge on any atom is -0.454 e. The number of halogens is 2. The molecule has 7 heteroatoms. The van der Waals surface area contributed by atoms with Crippen molar-refractivity contribution in [2.75, 3.05) is 6.79 Å². The molecular formula is C24H15F2NO4. The Hall–Kier alpha value is -4.00.